The number of ether oxygens (including phenoxy) is 1. The zero-order valence-corrected chi connectivity index (χ0v) is 11.4. The van der Waals surface area contributed by atoms with Crippen LogP contribution in [0.15, 0.2) is 63.9 Å². The van der Waals surface area contributed by atoms with Crippen molar-refractivity contribution in [2.45, 2.75) is 0 Å². The molecular formula is C15H9BrO3. The van der Waals surface area contributed by atoms with Gasteiger partial charge in [-0.3, -0.25) is 0 Å². The van der Waals surface area contributed by atoms with Gasteiger partial charge < -0.3 is 9.15 Å². The number of carbonyl (C=O) groups is 1. The molecule has 0 spiro atoms. The maximum atomic E-state index is 11.8. The van der Waals surface area contributed by atoms with Gasteiger partial charge >= 0.3 is 5.97 Å². The Kier molecular flexibility index (Phi) is 3.09. The number of fused-ring (bicyclic) bond motifs is 1. The summed E-state index contributed by atoms with van der Waals surface area (Å²) < 4.78 is 11.2. The van der Waals surface area contributed by atoms with E-state index in [9.17, 15) is 4.79 Å². The van der Waals surface area contributed by atoms with Crippen LogP contribution in [0.1, 0.15) is 10.4 Å². The summed E-state index contributed by atoms with van der Waals surface area (Å²) in [5.41, 5.74) is 0.399. The van der Waals surface area contributed by atoms with Crippen LogP contribution in [0.5, 0.6) is 5.75 Å². The first kappa shape index (κ1) is 12.0. The van der Waals surface area contributed by atoms with Gasteiger partial charge in [0.1, 0.15) is 12.0 Å². The van der Waals surface area contributed by atoms with Crippen molar-refractivity contribution in [2.75, 3.05) is 0 Å². The van der Waals surface area contributed by atoms with Gasteiger partial charge in [0, 0.05) is 4.47 Å². The quantitative estimate of drug-likeness (QED) is 0.519. The second kappa shape index (κ2) is 4.90. The molecule has 0 saturated carbocycles. The zero-order chi connectivity index (χ0) is 13.2. The van der Waals surface area contributed by atoms with Gasteiger partial charge in [-0.15, -0.1) is 0 Å². The molecule has 94 valence electrons. The normalized spacial score (nSPS) is 10.6. The third-order valence-corrected chi connectivity index (χ3v) is 3.23. The Bertz CT molecular complexity index is 732. The van der Waals surface area contributed by atoms with Crippen LogP contribution in [0.3, 0.4) is 0 Å². The molecule has 3 rings (SSSR count). The summed E-state index contributed by atoms with van der Waals surface area (Å²) in [4.78, 5) is 11.8. The van der Waals surface area contributed by atoms with Crippen molar-refractivity contribution in [1.82, 2.24) is 0 Å². The van der Waals surface area contributed by atoms with Gasteiger partial charge in [0.25, 0.3) is 0 Å². The van der Waals surface area contributed by atoms with E-state index in [4.69, 9.17) is 9.15 Å². The van der Waals surface area contributed by atoms with E-state index in [1.54, 1.807) is 12.1 Å². The molecule has 19 heavy (non-hydrogen) atoms. The molecule has 0 unspecified atom stereocenters. The van der Waals surface area contributed by atoms with Crippen LogP contribution >= 0.6 is 15.9 Å². The molecule has 0 aliphatic carbocycles. The summed E-state index contributed by atoms with van der Waals surface area (Å²) in [5.74, 6) is 0.0891. The molecule has 3 nitrogen and oxygen atoms in total. The van der Waals surface area contributed by atoms with E-state index >= 15 is 0 Å². The average Bonchev–Trinajstić information content (AvgIpc) is 2.93. The molecule has 0 N–H and O–H groups in total. The van der Waals surface area contributed by atoms with Gasteiger partial charge in [-0.05, 0) is 41.1 Å². The monoisotopic (exact) mass is 316 g/mol. The first-order valence-corrected chi connectivity index (χ1v) is 6.45. The SMILES string of the molecule is O=C(Oc1ccc2cc(Br)ccc2c1)c1ccoc1. The molecule has 2 aromatic carbocycles. The number of esters is 1. The molecule has 3 aromatic rings. The van der Waals surface area contributed by atoms with Gasteiger partial charge in [0.05, 0.1) is 11.8 Å². The predicted octanol–water partition coefficient (Wildman–Crippen LogP) is 4.41. The van der Waals surface area contributed by atoms with Crippen LogP contribution in [-0.2, 0) is 0 Å². The van der Waals surface area contributed by atoms with Crippen molar-refractivity contribution in [2.24, 2.45) is 0 Å². The van der Waals surface area contributed by atoms with Crippen molar-refractivity contribution >= 4 is 32.7 Å². The minimum atomic E-state index is -0.426. The summed E-state index contributed by atoms with van der Waals surface area (Å²) in [6.45, 7) is 0. The molecule has 0 fully saturated rings. The largest absolute Gasteiger partial charge is 0.472 e. The van der Waals surface area contributed by atoms with E-state index in [0.717, 1.165) is 15.2 Å². The fourth-order valence-corrected chi connectivity index (χ4v) is 2.18. The third kappa shape index (κ3) is 2.53. The van der Waals surface area contributed by atoms with Gasteiger partial charge in [0.2, 0.25) is 0 Å². The Balaban J connectivity index is 1.89. The number of halogens is 1. The molecule has 0 atom stereocenters. The molecule has 0 radical (unpaired) electrons. The molecule has 1 heterocycles. The topological polar surface area (TPSA) is 39.4 Å². The van der Waals surface area contributed by atoms with E-state index in [1.165, 1.54) is 12.5 Å². The van der Waals surface area contributed by atoms with Crippen LogP contribution in [0, 0.1) is 0 Å². The Hall–Kier alpha value is -2.07. The van der Waals surface area contributed by atoms with E-state index in [2.05, 4.69) is 15.9 Å². The molecule has 1 aromatic heterocycles. The summed E-state index contributed by atoms with van der Waals surface area (Å²) in [6.07, 6.45) is 2.80. The van der Waals surface area contributed by atoms with Gasteiger partial charge in [-0.1, -0.05) is 28.1 Å². The van der Waals surface area contributed by atoms with Crippen molar-refractivity contribution < 1.29 is 13.9 Å². The Morgan fingerprint density at radius 2 is 1.84 bits per heavy atom. The highest BCUT2D eigenvalue weighted by atomic mass is 79.9. The molecular weight excluding hydrogens is 308 g/mol. The highest BCUT2D eigenvalue weighted by Gasteiger charge is 2.09. The maximum Gasteiger partial charge on any atom is 0.346 e. The standard InChI is InChI=1S/C15H9BrO3/c16-13-3-1-11-8-14(4-2-10(11)7-13)19-15(17)12-5-6-18-9-12/h1-9H. The summed E-state index contributed by atoms with van der Waals surface area (Å²) in [7, 11) is 0. The number of hydrogen-bond donors (Lipinski definition) is 0. The highest BCUT2D eigenvalue weighted by molar-refractivity contribution is 9.10. The minimum Gasteiger partial charge on any atom is -0.472 e. The first-order chi connectivity index (χ1) is 9.22. The number of benzene rings is 2. The van der Waals surface area contributed by atoms with Gasteiger partial charge in [-0.2, -0.15) is 0 Å². The maximum absolute atomic E-state index is 11.8. The fraction of sp³-hybridized carbons (Fsp3) is 0. The minimum absolute atomic E-state index is 0.399. The number of carbonyl (C=O) groups excluding carboxylic acids is 1. The third-order valence-electron chi connectivity index (χ3n) is 2.74. The lowest BCUT2D eigenvalue weighted by Crippen LogP contribution is -2.06. The van der Waals surface area contributed by atoms with Crippen LogP contribution < -0.4 is 4.74 Å². The van der Waals surface area contributed by atoms with Crippen LogP contribution in [0.2, 0.25) is 0 Å². The molecule has 0 saturated heterocycles. The smallest absolute Gasteiger partial charge is 0.346 e. The number of rotatable bonds is 2. The van der Waals surface area contributed by atoms with Gasteiger partial charge in [-0.25, -0.2) is 4.79 Å². The lowest BCUT2D eigenvalue weighted by atomic mass is 10.1. The summed E-state index contributed by atoms with van der Waals surface area (Å²) >= 11 is 3.42. The van der Waals surface area contributed by atoms with Crippen molar-refractivity contribution in [3.05, 3.63) is 65.0 Å². The second-order valence-corrected chi connectivity index (χ2v) is 4.97. The molecule has 0 aliphatic rings. The lowest BCUT2D eigenvalue weighted by Gasteiger charge is -2.04. The lowest BCUT2D eigenvalue weighted by molar-refractivity contribution is 0.0734. The Morgan fingerprint density at radius 1 is 1.05 bits per heavy atom. The molecule has 4 heteroatoms. The second-order valence-electron chi connectivity index (χ2n) is 4.05. The van der Waals surface area contributed by atoms with E-state index < -0.39 is 5.97 Å². The summed E-state index contributed by atoms with van der Waals surface area (Å²) in [5, 5.41) is 2.10. The Labute approximate surface area is 117 Å². The van der Waals surface area contributed by atoms with E-state index in [0.29, 0.717) is 11.3 Å². The average molecular weight is 317 g/mol. The fourth-order valence-electron chi connectivity index (χ4n) is 1.80. The van der Waals surface area contributed by atoms with Crippen molar-refractivity contribution in [1.29, 1.82) is 0 Å². The molecule has 0 bridgehead atoms. The van der Waals surface area contributed by atoms with Crippen molar-refractivity contribution in [3.63, 3.8) is 0 Å². The number of furan rings is 1. The molecule has 0 amide bonds. The zero-order valence-electron chi connectivity index (χ0n) is 9.80. The van der Waals surface area contributed by atoms with Crippen LogP contribution in [0.25, 0.3) is 10.8 Å². The van der Waals surface area contributed by atoms with Crippen LogP contribution in [-0.4, -0.2) is 5.97 Å². The summed E-state index contributed by atoms with van der Waals surface area (Å²) in [6, 6.07) is 13.0. The molecule has 0 aliphatic heterocycles. The van der Waals surface area contributed by atoms with Crippen molar-refractivity contribution in [3.8, 4) is 5.75 Å². The van der Waals surface area contributed by atoms with Gasteiger partial charge in [0.15, 0.2) is 0 Å². The first-order valence-electron chi connectivity index (χ1n) is 5.66. The predicted molar refractivity (Wildman–Crippen MR) is 75.3 cm³/mol. The van der Waals surface area contributed by atoms with E-state index in [1.807, 2.05) is 30.3 Å². The highest BCUT2D eigenvalue weighted by Crippen LogP contribution is 2.24. The Morgan fingerprint density at radius 3 is 2.63 bits per heavy atom. The van der Waals surface area contributed by atoms with E-state index in [-0.39, 0.29) is 0 Å². The number of hydrogen-bond acceptors (Lipinski definition) is 3. The van der Waals surface area contributed by atoms with Crippen LogP contribution in [0.4, 0.5) is 0 Å².